The molecule has 1 saturated heterocycles. The second kappa shape index (κ2) is 8.06. The van der Waals surface area contributed by atoms with Gasteiger partial charge in [-0.3, -0.25) is 9.36 Å². The van der Waals surface area contributed by atoms with Gasteiger partial charge in [-0.25, -0.2) is 9.78 Å². The Labute approximate surface area is 181 Å². The van der Waals surface area contributed by atoms with Crippen molar-refractivity contribution in [2.75, 3.05) is 31.1 Å². The summed E-state index contributed by atoms with van der Waals surface area (Å²) in [4.78, 5) is 34.3. The quantitative estimate of drug-likeness (QED) is 0.632. The maximum atomic E-state index is 13.5. The molecule has 1 aliphatic heterocycles. The maximum Gasteiger partial charge on any atom is 0.410 e. The van der Waals surface area contributed by atoms with Gasteiger partial charge in [-0.2, -0.15) is 0 Å². The second-order valence-corrected chi connectivity index (χ2v) is 8.86. The highest BCUT2D eigenvalue weighted by molar-refractivity contribution is 5.79. The van der Waals surface area contributed by atoms with Gasteiger partial charge >= 0.3 is 6.09 Å². The molecule has 7 heteroatoms. The van der Waals surface area contributed by atoms with Gasteiger partial charge in [-0.05, 0) is 57.5 Å². The van der Waals surface area contributed by atoms with E-state index in [9.17, 15) is 9.59 Å². The Morgan fingerprint density at radius 1 is 1.00 bits per heavy atom. The molecule has 0 N–H and O–H groups in total. The van der Waals surface area contributed by atoms with E-state index in [0.29, 0.717) is 32.0 Å². The summed E-state index contributed by atoms with van der Waals surface area (Å²) < 4.78 is 7.20. The number of amides is 1. The highest BCUT2D eigenvalue weighted by Gasteiger charge is 2.28. The number of aromatic nitrogens is 2. The molecule has 4 rings (SSSR count). The minimum absolute atomic E-state index is 0.159. The predicted octanol–water partition coefficient (Wildman–Crippen LogP) is 3.75. The number of hydrogen-bond donors (Lipinski definition) is 0. The Morgan fingerprint density at radius 3 is 2.32 bits per heavy atom. The van der Waals surface area contributed by atoms with Crippen LogP contribution in [0.1, 0.15) is 26.3 Å². The lowest BCUT2D eigenvalue weighted by Gasteiger charge is -2.36. The molecule has 7 nitrogen and oxygen atoms in total. The third-order valence-corrected chi connectivity index (χ3v) is 5.24. The summed E-state index contributed by atoms with van der Waals surface area (Å²) in [7, 11) is 0. The van der Waals surface area contributed by atoms with Crippen molar-refractivity contribution in [2.45, 2.75) is 33.3 Å². The van der Waals surface area contributed by atoms with Crippen LogP contribution in [-0.4, -0.2) is 52.3 Å². The molecule has 0 atom stereocenters. The molecule has 31 heavy (non-hydrogen) atoms. The van der Waals surface area contributed by atoms with Crippen LogP contribution in [0.3, 0.4) is 0 Å². The Balaban J connectivity index is 1.69. The Kier molecular flexibility index (Phi) is 5.43. The van der Waals surface area contributed by atoms with E-state index in [1.54, 1.807) is 9.47 Å². The van der Waals surface area contributed by atoms with Crippen LogP contribution in [0.25, 0.3) is 16.7 Å². The summed E-state index contributed by atoms with van der Waals surface area (Å²) >= 11 is 0. The van der Waals surface area contributed by atoms with Crippen LogP contribution in [0.5, 0.6) is 0 Å². The molecule has 3 aromatic rings. The molecular weight excluding hydrogens is 392 g/mol. The average Bonchev–Trinajstić information content (AvgIpc) is 2.73. The van der Waals surface area contributed by atoms with Crippen molar-refractivity contribution >= 4 is 22.9 Å². The molecule has 1 aromatic heterocycles. The van der Waals surface area contributed by atoms with Crippen LogP contribution in [0.15, 0.2) is 53.3 Å². The van der Waals surface area contributed by atoms with Crippen molar-refractivity contribution in [1.82, 2.24) is 14.5 Å². The number of rotatable bonds is 2. The molecule has 0 bridgehead atoms. The standard InChI is InChI=1S/C24H28N4O3/c1-17-10-11-20-19(16-17)25-21(22(29)28(20)18-8-6-5-7-9-18)26-12-14-27(15-13-26)23(30)31-24(2,3)4/h5-11,16H,12-15H2,1-4H3. The van der Waals surface area contributed by atoms with E-state index in [4.69, 9.17) is 9.72 Å². The zero-order chi connectivity index (χ0) is 22.2. The molecule has 2 heterocycles. The lowest BCUT2D eigenvalue weighted by molar-refractivity contribution is 0.0240. The van der Waals surface area contributed by atoms with E-state index in [-0.39, 0.29) is 11.7 Å². The smallest absolute Gasteiger partial charge is 0.410 e. The zero-order valence-electron chi connectivity index (χ0n) is 18.5. The number of carbonyl (C=O) groups is 1. The monoisotopic (exact) mass is 420 g/mol. The minimum atomic E-state index is -0.532. The second-order valence-electron chi connectivity index (χ2n) is 8.86. The largest absolute Gasteiger partial charge is 0.444 e. The first kappa shape index (κ1) is 20.9. The van der Waals surface area contributed by atoms with E-state index in [1.165, 1.54) is 0 Å². The molecule has 2 aromatic carbocycles. The number of hydrogen-bond acceptors (Lipinski definition) is 5. The van der Waals surface area contributed by atoms with Gasteiger partial charge in [0.25, 0.3) is 5.56 Å². The van der Waals surface area contributed by atoms with Gasteiger partial charge in [0.15, 0.2) is 5.82 Å². The lowest BCUT2D eigenvalue weighted by atomic mass is 10.2. The SMILES string of the molecule is Cc1ccc2c(c1)nc(N1CCN(C(=O)OC(C)(C)C)CC1)c(=O)n2-c1ccccc1. The van der Waals surface area contributed by atoms with Crippen LogP contribution < -0.4 is 10.5 Å². The number of carbonyl (C=O) groups excluding carboxylic acids is 1. The van der Waals surface area contributed by atoms with E-state index < -0.39 is 5.60 Å². The van der Waals surface area contributed by atoms with Crippen LogP contribution in [0.4, 0.5) is 10.6 Å². The molecule has 0 radical (unpaired) electrons. The topological polar surface area (TPSA) is 67.7 Å². The van der Waals surface area contributed by atoms with Gasteiger partial charge in [-0.15, -0.1) is 0 Å². The lowest BCUT2D eigenvalue weighted by Crippen LogP contribution is -2.51. The van der Waals surface area contributed by atoms with E-state index in [1.807, 2.05) is 81.1 Å². The number of anilines is 1. The van der Waals surface area contributed by atoms with Gasteiger partial charge in [-0.1, -0.05) is 24.3 Å². The van der Waals surface area contributed by atoms with Crippen molar-refractivity contribution < 1.29 is 9.53 Å². The molecule has 0 unspecified atom stereocenters. The van der Waals surface area contributed by atoms with E-state index >= 15 is 0 Å². The number of piperazine rings is 1. The molecular formula is C24H28N4O3. The van der Waals surface area contributed by atoms with Crippen molar-refractivity contribution in [1.29, 1.82) is 0 Å². The van der Waals surface area contributed by atoms with Gasteiger partial charge in [0.05, 0.1) is 11.0 Å². The van der Waals surface area contributed by atoms with E-state index in [0.717, 1.165) is 22.3 Å². The van der Waals surface area contributed by atoms with Gasteiger partial charge in [0.2, 0.25) is 0 Å². The Hall–Kier alpha value is -3.35. The fourth-order valence-corrected chi connectivity index (χ4v) is 3.75. The van der Waals surface area contributed by atoms with E-state index in [2.05, 4.69) is 0 Å². The fourth-order valence-electron chi connectivity index (χ4n) is 3.75. The molecule has 162 valence electrons. The number of para-hydroxylation sites is 1. The summed E-state index contributed by atoms with van der Waals surface area (Å²) in [6, 6.07) is 15.5. The Morgan fingerprint density at radius 2 is 1.68 bits per heavy atom. The van der Waals surface area contributed by atoms with Crippen molar-refractivity contribution in [3.05, 3.63) is 64.4 Å². The van der Waals surface area contributed by atoms with Gasteiger partial charge in [0, 0.05) is 31.9 Å². The fraction of sp³-hybridized carbons (Fsp3) is 0.375. The summed E-state index contributed by atoms with van der Waals surface area (Å²) in [5, 5.41) is 0. The number of nitrogens with zero attached hydrogens (tertiary/aromatic N) is 4. The third-order valence-electron chi connectivity index (χ3n) is 5.24. The van der Waals surface area contributed by atoms with Gasteiger partial charge < -0.3 is 14.5 Å². The first-order valence-corrected chi connectivity index (χ1v) is 10.5. The number of benzene rings is 2. The van der Waals surface area contributed by atoms with Crippen LogP contribution in [0.2, 0.25) is 0 Å². The summed E-state index contributed by atoms with van der Waals surface area (Å²) in [6.07, 6.45) is -0.323. The molecule has 1 amide bonds. The van der Waals surface area contributed by atoms with Crippen molar-refractivity contribution in [3.8, 4) is 5.69 Å². The first-order chi connectivity index (χ1) is 14.7. The average molecular weight is 421 g/mol. The number of ether oxygens (including phenoxy) is 1. The number of fused-ring (bicyclic) bond motifs is 1. The molecule has 1 aliphatic rings. The summed E-state index contributed by atoms with van der Waals surface area (Å²) in [5.41, 5.74) is 2.74. The Bertz CT molecular complexity index is 1160. The molecule has 0 spiro atoms. The normalized spacial score (nSPS) is 14.7. The van der Waals surface area contributed by atoms with Crippen LogP contribution in [-0.2, 0) is 4.74 Å². The van der Waals surface area contributed by atoms with Crippen molar-refractivity contribution in [3.63, 3.8) is 0 Å². The highest BCUT2D eigenvalue weighted by Crippen LogP contribution is 2.21. The molecule has 1 fully saturated rings. The van der Waals surface area contributed by atoms with Gasteiger partial charge in [0.1, 0.15) is 5.60 Å². The molecule has 0 saturated carbocycles. The minimum Gasteiger partial charge on any atom is -0.444 e. The summed E-state index contributed by atoms with van der Waals surface area (Å²) in [5.74, 6) is 0.408. The maximum absolute atomic E-state index is 13.5. The van der Waals surface area contributed by atoms with Crippen molar-refractivity contribution in [2.24, 2.45) is 0 Å². The predicted molar refractivity (Wildman–Crippen MR) is 122 cm³/mol. The van der Waals surface area contributed by atoms with Crippen LogP contribution >= 0.6 is 0 Å². The van der Waals surface area contributed by atoms with Crippen LogP contribution in [0, 0.1) is 6.92 Å². The zero-order valence-corrected chi connectivity index (χ0v) is 18.5. The third kappa shape index (κ3) is 4.40. The highest BCUT2D eigenvalue weighted by atomic mass is 16.6. The first-order valence-electron chi connectivity index (χ1n) is 10.5. The number of aryl methyl sites for hydroxylation is 1. The molecule has 0 aliphatic carbocycles. The summed E-state index contributed by atoms with van der Waals surface area (Å²) in [6.45, 7) is 9.58.